The van der Waals surface area contributed by atoms with Gasteiger partial charge in [0.25, 0.3) is 0 Å². The first kappa shape index (κ1) is 11.8. The zero-order valence-corrected chi connectivity index (χ0v) is 11.2. The summed E-state index contributed by atoms with van der Waals surface area (Å²) < 4.78 is 1.87. The highest BCUT2D eigenvalue weighted by molar-refractivity contribution is 5.78. The van der Waals surface area contributed by atoms with Crippen molar-refractivity contribution >= 4 is 5.65 Å². The van der Waals surface area contributed by atoms with E-state index in [9.17, 15) is 0 Å². The lowest BCUT2D eigenvalue weighted by Gasteiger charge is -2.04. The van der Waals surface area contributed by atoms with E-state index in [4.69, 9.17) is 0 Å². The van der Waals surface area contributed by atoms with Crippen LogP contribution in [0.4, 0.5) is 0 Å². The Hall–Kier alpha value is -3.01. The predicted octanol–water partition coefficient (Wildman–Crippen LogP) is 3.46. The molecule has 4 rings (SSSR count). The van der Waals surface area contributed by atoms with Crippen molar-refractivity contribution in [2.75, 3.05) is 0 Å². The summed E-state index contributed by atoms with van der Waals surface area (Å²) in [6, 6.07) is 16.1. The lowest BCUT2D eigenvalue weighted by Crippen LogP contribution is -1.95. The minimum absolute atomic E-state index is 0.857. The van der Waals surface area contributed by atoms with Crippen molar-refractivity contribution in [1.82, 2.24) is 19.6 Å². The van der Waals surface area contributed by atoms with E-state index in [-0.39, 0.29) is 0 Å². The van der Waals surface area contributed by atoms with Gasteiger partial charge in [0.05, 0.1) is 11.9 Å². The second kappa shape index (κ2) is 4.83. The summed E-state index contributed by atoms with van der Waals surface area (Å²) in [6.07, 6.45) is 7.24. The quantitative estimate of drug-likeness (QED) is 0.561. The van der Waals surface area contributed by atoms with Crippen LogP contribution in [-0.2, 0) is 0 Å². The number of hydrogen-bond acceptors (Lipinski definition) is 3. The average molecular weight is 272 g/mol. The molecule has 0 aliphatic heterocycles. The molecule has 0 unspecified atom stereocenters. The first-order valence-corrected chi connectivity index (χ1v) is 6.72. The van der Waals surface area contributed by atoms with Gasteiger partial charge in [-0.25, -0.2) is 9.50 Å². The third-order valence-corrected chi connectivity index (χ3v) is 3.46. The second-order valence-electron chi connectivity index (χ2n) is 4.73. The van der Waals surface area contributed by atoms with Crippen LogP contribution >= 0.6 is 0 Å². The minimum atomic E-state index is 0.857. The molecule has 4 nitrogen and oxygen atoms in total. The fourth-order valence-corrected chi connectivity index (χ4v) is 2.45. The Labute approximate surface area is 121 Å². The van der Waals surface area contributed by atoms with Gasteiger partial charge in [-0.1, -0.05) is 30.3 Å². The van der Waals surface area contributed by atoms with Crippen LogP contribution in [0.1, 0.15) is 0 Å². The lowest BCUT2D eigenvalue weighted by molar-refractivity contribution is 0.947. The standard InChI is InChI=1S/C17H12N4/c1-2-4-13(5-3-1)15-12-20-21-16(8-11-19-17(15)21)14-6-9-18-10-7-14/h1-12H. The van der Waals surface area contributed by atoms with Gasteiger partial charge < -0.3 is 0 Å². The first-order chi connectivity index (χ1) is 10.4. The summed E-state index contributed by atoms with van der Waals surface area (Å²) in [5.74, 6) is 0. The number of hydrogen-bond donors (Lipinski definition) is 0. The topological polar surface area (TPSA) is 43.1 Å². The summed E-state index contributed by atoms with van der Waals surface area (Å²) in [6.45, 7) is 0. The number of nitrogens with zero attached hydrogens (tertiary/aromatic N) is 4. The van der Waals surface area contributed by atoms with Crippen LogP contribution in [0.5, 0.6) is 0 Å². The van der Waals surface area contributed by atoms with E-state index in [1.54, 1.807) is 12.4 Å². The second-order valence-corrected chi connectivity index (χ2v) is 4.73. The first-order valence-electron chi connectivity index (χ1n) is 6.72. The Balaban J connectivity index is 1.96. The zero-order valence-electron chi connectivity index (χ0n) is 11.2. The van der Waals surface area contributed by atoms with Crippen molar-refractivity contribution < 1.29 is 0 Å². The molecular formula is C17H12N4. The number of pyridine rings is 1. The van der Waals surface area contributed by atoms with Gasteiger partial charge in [-0.05, 0) is 23.8 Å². The van der Waals surface area contributed by atoms with Gasteiger partial charge in [0.2, 0.25) is 0 Å². The molecule has 0 spiro atoms. The molecule has 0 aliphatic rings. The van der Waals surface area contributed by atoms with Gasteiger partial charge in [-0.2, -0.15) is 5.10 Å². The molecule has 0 aliphatic carbocycles. The van der Waals surface area contributed by atoms with Gasteiger partial charge in [-0.3, -0.25) is 4.98 Å². The van der Waals surface area contributed by atoms with E-state index in [1.807, 2.05) is 53.3 Å². The highest BCUT2D eigenvalue weighted by atomic mass is 15.3. The van der Waals surface area contributed by atoms with Crippen molar-refractivity contribution in [3.8, 4) is 22.4 Å². The van der Waals surface area contributed by atoms with Crippen LogP contribution in [0.2, 0.25) is 0 Å². The molecule has 0 amide bonds. The lowest BCUT2D eigenvalue weighted by atomic mass is 10.1. The molecule has 21 heavy (non-hydrogen) atoms. The Morgan fingerprint density at radius 3 is 2.38 bits per heavy atom. The average Bonchev–Trinajstić information content (AvgIpc) is 3.00. The predicted molar refractivity (Wildman–Crippen MR) is 81.7 cm³/mol. The number of benzene rings is 1. The van der Waals surface area contributed by atoms with Crippen LogP contribution in [0.25, 0.3) is 28.0 Å². The maximum atomic E-state index is 4.51. The highest BCUT2D eigenvalue weighted by Crippen LogP contribution is 2.26. The van der Waals surface area contributed by atoms with E-state index in [0.29, 0.717) is 0 Å². The molecular weight excluding hydrogens is 260 g/mol. The Morgan fingerprint density at radius 1 is 0.762 bits per heavy atom. The molecule has 1 aromatic carbocycles. The maximum absolute atomic E-state index is 4.51. The molecule has 4 aromatic rings. The summed E-state index contributed by atoms with van der Waals surface area (Å²) in [4.78, 5) is 8.55. The molecule has 0 fully saturated rings. The summed E-state index contributed by atoms with van der Waals surface area (Å²) >= 11 is 0. The molecule has 4 heteroatoms. The molecule has 0 saturated carbocycles. The highest BCUT2D eigenvalue weighted by Gasteiger charge is 2.11. The smallest absolute Gasteiger partial charge is 0.163 e. The van der Waals surface area contributed by atoms with Crippen molar-refractivity contribution in [2.45, 2.75) is 0 Å². The Kier molecular flexibility index (Phi) is 2.71. The summed E-state index contributed by atoms with van der Waals surface area (Å²) in [5.41, 5.74) is 5.08. The number of aromatic nitrogens is 4. The molecule has 0 bridgehead atoms. The van der Waals surface area contributed by atoms with Gasteiger partial charge in [0.1, 0.15) is 0 Å². The summed E-state index contributed by atoms with van der Waals surface area (Å²) in [7, 11) is 0. The number of fused-ring (bicyclic) bond motifs is 1. The Bertz CT molecular complexity index is 882. The van der Waals surface area contributed by atoms with E-state index < -0.39 is 0 Å². The zero-order chi connectivity index (χ0) is 14.1. The van der Waals surface area contributed by atoms with E-state index in [1.165, 1.54) is 0 Å². The fourth-order valence-electron chi connectivity index (χ4n) is 2.45. The third-order valence-electron chi connectivity index (χ3n) is 3.46. The van der Waals surface area contributed by atoms with E-state index >= 15 is 0 Å². The Morgan fingerprint density at radius 2 is 1.57 bits per heavy atom. The monoisotopic (exact) mass is 272 g/mol. The van der Waals surface area contributed by atoms with Crippen molar-refractivity contribution in [1.29, 1.82) is 0 Å². The van der Waals surface area contributed by atoms with Crippen LogP contribution in [0.15, 0.2) is 73.3 Å². The van der Waals surface area contributed by atoms with Crippen LogP contribution in [0.3, 0.4) is 0 Å². The van der Waals surface area contributed by atoms with Crippen LogP contribution in [0, 0.1) is 0 Å². The van der Waals surface area contributed by atoms with Crippen molar-refractivity contribution in [3.63, 3.8) is 0 Å². The van der Waals surface area contributed by atoms with Crippen LogP contribution in [-0.4, -0.2) is 19.6 Å². The van der Waals surface area contributed by atoms with Crippen molar-refractivity contribution in [2.24, 2.45) is 0 Å². The molecule has 0 N–H and O–H groups in total. The van der Waals surface area contributed by atoms with Gasteiger partial charge in [0.15, 0.2) is 5.65 Å². The minimum Gasteiger partial charge on any atom is -0.265 e. The molecule has 0 saturated heterocycles. The largest absolute Gasteiger partial charge is 0.265 e. The van der Waals surface area contributed by atoms with E-state index in [0.717, 1.165) is 28.0 Å². The normalized spacial score (nSPS) is 10.9. The molecule has 3 aromatic heterocycles. The van der Waals surface area contributed by atoms with Gasteiger partial charge in [0, 0.05) is 29.7 Å². The molecule has 3 heterocycles. The molecule has 100 valence electrons. The van der Waals surface area contributed by atoms with Crippen LogP contribution < -0.4 is 0 Å². The van der Waals surface area contributed by atoms with Gasteiger partial charge in [-0.15, -0.1) is 0 Å². The van der Waals surface area contributed by atoms with E-state index in [2.05, 4.69) is 27.2 Å². The number of rotatable bonds is 2. The SMILES string of the molecule is c1ccc(-c2cnn3c(-c4ccncc4)ccnc23)cc1. The van der Waals surface area contributed by atoms with Gasteiger partial charge >= 0.3 is 0 Å². The fraction of sp³-hybridized carbons (Fsp3) is 0. The van der Waals surface area contributed by atoms with Crippen molar-refractivity contribution in [3.05, 3.63) is 73.3 Å². The maximum Gasteiger partial charge on any atom is 0.163 e. The molecule has 0 atom stereocenters. The molecule has 0 radical (unpaired) electrons. The third kappa shape index (κ3) is 1.97. The summed E-state index contributed by atoms with van der Waals surface area (Å²) in [5, 5.41) is 4.51.